The summed E-state index contributed by atoms with van der Waals surface area (Å²) in [6.45, 7) is 1.88. The summed E-state index contributed by atoms with van der Waals surface area (Å²) in [7, 11) is 0. The number of hydrogen-bond donors (Lipinski definition) is 1. The SMILES string of the molecule is CC(C#N)(Cc1cc(Cl)nc(Cl)c1)c1ccc2c3c(c(=O)[nH]c2c1)CCCC3. The highest BCUT2D eigenvalue weighted by Crippen LogP contribution is 2.33. The summed E-state index contributed by atoms with van der Waals surface area (Å²) in [5.41, 5.74) is 3.74. The highest BCUT2D eigenvalue weighted by Gasteiger charge is 2.28. The van der Waals surface area contributed by atoms with E-state index in [1.165, 1.54) is 0 Å². The Labute approximate surface area is 173 Å². The third-order valence-corrected chi connectivity index (χ3v) is 5.99. The van der Waals surface area contributed by atoms with Crippen molar-refractivity contribution in [3.8, 4) is 6.07 Å². The van der Waals surface area contributed by atoms with E-state index in [0.717, 1.165) is 58.8 Å². The standard InChI is InChI=1S/C22H19Cl2N3O/c1-22(12-25,11-13-8-19(23)27-20(24)9-13)14-6-7-16-15-4-2-3-5-17(15)21(28)26-18(16)10-14/h6-10H,2-5,11H2,1H3,(H,26,28). The number of fused-ring (bicyclic) bond motifs is 3. The molecule has 1 aromatic carbocycles. The first-order chi connectivity index (χ1) is 13.4. The summed E-state index contributed by atoms with van der Waals surface area (Å²) < 4.78 is 0. The van der Waals surface area contributed by atoms with Crippen LogP contribution in [0.15, 0.2) is 35.1 Å². The lowest BCUT2D eigenvalue weighted by Gasteiger charge is -2.24. The Morgan fingerprint density at radius 1 is 1.14 bits per heavy atom. The molecule has 0 saturated heterocycles. The van der Waals surface area contributed by atoms with E-state index in [1.54, 1.807) is 12.1 Å². The van der Waals surface area contributed by atoms with Gasteiger partial charge in [-0.1, -0.05) is 35.3 Å². The van der Waals surface area contributed by atoms with Crippen molar-refractivity contribution in [2.75, 3.05) is 0 Å². The number of nitriles is 1. The average Bonchev–Trinajstić information content (AvgIpc) is 2.67. The van der Waals surface area contributed by atoms with Gasteiger partial charge in [0.15, 0.2) is 0 Å². The number of aromatic amines is 1. The zero-order valence-corrected chi connectivity index (χ0v) is 17.0. The topological polar surface area (TPSA) is 69.5 Å². The van der Waals surface area contributed by atoms with Crippen LogP contribution in [-0.2, 0) is 24.7 Å². The van der Waals surface area contributed by atoms with Crippen molar-refractivity contribution >= 4 is 34.1 Å². The summed E-state index contributed by atoms with van der Waals surface area (Å²) in [6, 6.07) is 11.8. The van der Waals surface area contributed by atoms with Gasteiger partial charge in [-0.25, -0.2) is 4.98 Å². The van der Waals surface area contributed by atoms with Gasteiger partial charge in [0.2, 0.25) is 0 Å². The molecule has 1 aliphatic rings. The summed E-state index contributed by atoms with van der Waals surface area (Å²) in [4.78, 5) is 19.5. The van der Waals surface area contributed by atoms with Gasteiger partial charge in [-0.2, -0.15) is 5.26 Å². The number of halogens is 2. The second-order valence-electron chi connectivity index (χ2n) is 7.62. The third kappa shape index (κ3) is 3.41. The summed E-state index contributed by atoms with van der Waals surface area (Å²) >= 11 is 12.0. The van der Waals surface area contributed by atoms with Crippen LogP contribution in [0.1, 0.15) is 42.0 Å². The lowest BCUT2D eigenvalue weighted by molar-refractivity contribution is 0.606. The third-order valence-electron chi connectivity index (χ3n) is 5.60. The van der Waals surface area contributed by atoms with Crippen LogP contribution in [0.4, 0.5) is 0 Å². The minimum Gasteiger partial charge on any atom is -0.322 e. The van der Waals surface area contributed by atoms with Crippen LogP contribution < -0.4 is 5.56 Å². The highest BCUT2D eigenvalue weighted by atomic mass is 35.5. The molecule has 0 saturated carbocycles. The molecule has 1 aliphatic carbocycles. The van der Waals surface area contributed by atoms with Crippen molar-refractivity contribution in [2.45, 2.75) is 44.4 Å². The van der Waals surface area contributed by atoms with Crippen LogP contribution in [0, 0.1) is 11.3 Å². The van der Waals surface area contributed by atoms with Gasteiger partial charge in [0.25, 0.3) is 5.56 Å². The minimum atomic E-state index is -0.797. The molecule has 0 radical (unpaired) electrons. The number of aryl methyl sites for hydroxylation is 1. The smallest absolute Gasteiger partial charge is 0.251 e. The van der Waals surface area contributed by atoms with Gasteiger partial charge < -0.3 is 4.98 Å². The molecule has 1 unspecified atom stereocenters. The molecule has 0 amide bonds. The number of benzene rings is 1. The number of rotatable bonds is 3. The molecule has 1 atom stereocenters. The van der Waals surface area contributed by atoms with Gasteiger partial charge in [0.1, 0.15) is 10.3 Å². The molecule has 0 bridgehead atoms. The first-order valence-electron chi connectivity index (χ1n) is 9.31. The monoisotopic (exact) mass is 411 g/mol. The number of pyridine rings is 2. The second-order valence-corrected chi connectivity index (χ2v) is 8.39. The van der Waals surface area contributed by atoms with Gasteiger partial charge in [-0.3, -0.25) is 4.79 Å². The minimum absolute atomic E-state index is 0.00860. The zero-order valence-electron chi connectivity index (χ0n) is 15.5. The highest BCUT2D eigenvalue weighted by molar-refractivity contribution is 6.32. The van der Waals surface area contributed by atoms with Gasteiger partial charge in [-0.15, -0.1) is 0 Å². The molecule has 2 heterocycles. The number of nitrogens with zero attached hydrogens (tertiary/aromatic N) is 2. The quantitative estimate of drug-likeness (QED) is 0.606. The van der Waals surface area contributed by atoms with Crippen LogP contribution >= 0.6 is 23.2 Å². The molecular weight excluding hydrogens is 393 g/mol. The lowest BCUT2D eigenvalue weighted by atomic mass is 9.78. The first kappa shape index (κ1) is 19.0. The number of hydrogen-bond acceptors (Lipinski definition) is 3. The molecule has 2 aromatic heterocycles. The Balaban J connectivity index is 1.80. The maximum Gasteiger partial charge on any atom is 0.251 e. The second kappa shape index (κ2) is 7.24. The van der Waals surface area contributed by atoms with E-state index in [9.17, 15) is 10.1 Å². The lowest BCUT2D eigenvalue weighted by Crippen LogP contribution is -2.24. The number of aromatic nitrogens is 2. The fourth-order valence-electron chi connectivity index (χ4n) is 4.14. The van der Waals surface area contributed by atoms with Crippen molar-refractivity contribution in [3.05, 3.63) is 73.2 Å². The van der Waals surface area contributed by atoms with E-state index in [-0.39, 0.29) is 5.56 Å². The predicted octanol–water partition coefficient (Wildman–Crippen LogP) is 5.13. The fraction of sp³-hybridized carbons (Fsp3) is 0.318. The summed E-state index contributed by atoms with van der Waals surface area (Å²) in [6.07, 6.45) is 4.36. The van der Waals surface area contributed by atoms with E-state index in [1.807, 2.05) is 25.1 Å². The molecule has 3 aromatic rings. The molecule has 1 N–H and O–H groups in total. The van der Waals surface area contributed by atoms with Crippen LogP contribution in [-0.4, -0.2) is 9.97 Å². The van der Waals surface area contributed by atoms with Gasteiger partial charge in [0.05, 0.1) is 11.5 Å². The molecule has 4 nitrogen and oxygen atoms in total. The Bertz CT molecular complexity index is 1160. The molecule has 6 heteroatoms. The molecule has 0 spiro atoms. The van der Waals surface area contributed by atoms with Crippen LogP contribution in [0.25, 0.3) is 10.9 Å². The van der Waals surface area contributed by atoms with Crippen LogP contribution in [0.2, 0.25) is 10.3 Å². The predicted molar refractivity (Wildman–Crippen MR) is 112 cm³/mol. The van der Waals surface area contributed by atoms with E-state index in [0.29, 0.717) is 16.7 Å². The fourth-order valence-corrected chi connectivity index (χ4v) is 4.64. The van der Waals surface area contributed by atoms with Crippen molar-refractivity contribution in [1.29, 1.82) is 5.26 Å². The van der Waals surface area contributed by atoms with E-state index in [2.05, 4.69) is 16.0 Å². The van der Waals surface area contributed by atoms with E-state index in [4.69, 9.17) is 23.2 Å². The maximum atomic E-state index is 12.5. The van der Waals surface area contributed by atoms with Gasteiger partial charge >= 0.3 is 0 Å². The van der Waals surface area contributed by atoms with Crippen molar-refractivity contribution in [3.63, 3.8) is 0 Å². The van der Waals surface area contributed by atoms with Crippen molar-refractivity contribution in [2.24, 2.45) is 0 Å². The van der Waals surface area contributed by atoms with Crippen molar-refractivity contribution < 1.29 is 0 Å². The van der Waals surface area contributed by atoms with Crippen LogP contribution in [0.3, 0.4) is 0 Å². The van der Waals surface area contributed by atoms with E-state index < -0.39 is 5.41 Å². The Kier molecular flexibility index (Phi) is 4.91. The Morgan fingerprint density at radius 2 is 1.82 bits per heavy atom. The molecule has 28 heavy (non-hydrogen) atoms. The number of H-pyrrole nitrogens is 1. The molecule has 142 valence electrons. The normalized spacial score (nSPS) is 15.6. The van der Waals surface area contributed by atoms with Crippen LogP contribution in [0.5, 0.6) is 0 Å². The first-order valence-corrected chi connectivity index (χ1v) is 10.1. The summed E-state index contributed by atoms with van der Waals surface area (Å²) in [5, 5.41) is 11.6. The van der Waals surface area contributed by atoms with Crippen molar-refractivity contribution in [1.82, 2.24) is 9.97 Å². The van der Waals surface area contributed by atoms with Gasteiger partial charge in [0, 0.05) is 16.5 Å². The Morgan fingerprint density at radius 3 is 2.50 bits per heavy atom. The molecule has 4 rings (SSSR count). The average molecular weight is 412 g/mol. The van der Waals surface area contributed by atoms with E-state index >= 15 is 0 Å². The zero-order chi connectivity index (χ0) is 19.9. The van der Waals surface area contributed by atoms with Gasteiger partial charge in [-0.05, 0) is 73.9 Å². The molecular formula is C22H19Cl2N3O. The largest absolute Gasteiger partial charge is 0.322 e. The maximum absolute atomic E-state index is 12.5. The molecule has 0 aliphatic heterocycles. The summed E-state index contributed by atoms with van der Waals surface area (Å²) in [5.74, 6) is 0. The number of nitrogens with one attached hydrogen (secondary N) is 1. The Hall–Kier alpha value is -2.35. The molecule has 0 fully saturated rings.